The van der Waals surface area contributed by atoms with Gasteiger partial charge in [-0.2, -0.15) is 5.26 Å². The first-order valence-electron chi connectivity index (χ1n) is 6.95. The van der Waals surface area contributed by atoms with E-state index in [9.17, 15) is 14.8 Å². The maximum atomic E-state index is 13.1. The van der Waals surface area contributed by atoms with Crippen molar-refractivity contribution in [3.63, 3.8) is 0 Å². The standard InChI is InChI=1S/C18H16FNO/c1-17(21,15-6-8-16(19)9-7-15)18(12-20)10-13-4-2-3-5-14(13)11-18/h2-9,21H,10-11H2,1H3. The smallest absolute Gasteiger partial charge is 0.123 e. The van der Waals surface area contributed by atoms with Crippen molar-refractivity contribution in [1.29, 1.82) is 5.26 Å². The summed E-state index contributed by atoms with van der Waals surface area (Å²) in [4.78, 5) is 0. The molecule has 0 saturated heterocycles. The summed E-state index contributed by atoms with van der Waals surface area (Å²) in [6.07, 6.45) is 1.01. The molecule has 0 amide bonds. The first-order valence-corrected chi connectivity index (χ1v) is 6.95. The Balaban J connectivity index is 2.05. The molecule has 0 radical (unpaired) electrons. The number of nitrogens with zero attached hydrogens (tertiary/aromatic N) is 1. The predicted octanol–water partition coefficient (Wildman–Crippen LogP) is 3.34. The Morgan fingerprint density at radius 2 is 1.62 bits per heavy atom. The van der Waals surface area contributed by atoms with Crippen LogP contribution in [0.1, 0.15) is 23.6 Å². The number of fused-ring (bicyclic) bond motifs is 1. The SMILES string of the molecule is CC(O)(c1ccc(F)cc1)C1(C#N)Cc2ccccc2C1. The molecule has 2 nitrogen and oxygen atoms in total. The van der Waals surface area contributed by atoms with Crippen molar-refractivity contribution in [2.45, 2.75) is 25.4 Å². The zero-order chi connectivity index (χ0) is 15.1. The quantitative estimate of drug-likeness (QED) is 0.917. The molecule has 1 aliphatic carbocycles. The molecule has 0 heterocycles. The third-order valence-electron chi connectivity index (χ3n) is 4.66. The van der Waals surface area contributed by atoms with Crippen LogP contribution in [0.5, 0.6) is 0 Å². The normalized spacial score (nSPS) is 18.6. The number of nitriles is 1. The molecule has 1 aliphatic rings. The Morgan fingerprint density at radius 3 is 2.10 bits per heavy atom. The van der Waals surface area contributed by atoms with Crippen molar-refractivity contribution in [2.75, 3.05) is 0 Å². The van der Waals surface area contributed by atoms with E-state index in [2.05, 4.69) is 6.07 Å². The average molecular weight is 281 g/mol. The van der Waals surface area contributed by atoms with Gasteiger partial charge in [0.1, 0.15) is 11.4 Å². The molecule has 2 aromatic rings. The molecule has 0 fully saturated rings. The molecule has 0 spiro atoms. The monoisotopic (exact) mass is 281 g/mol. The van der Waals surface area contributed by atoms with Crippen LogP contribution in [0.4, 0.5) is 4.39 Å². The Labute approximate surface area is 123 Å². The number of hydrogen-bond donors (Lipinski definition) is 1. The van der Waals surface area contributed by atoms with Gasteiger partial charge >= 0.3 is 0 Å². The van der Waals surface area contributed by atoms with Crippen LogP contribution in [-0.2, 0) is 18.4 Å². The third kappa shape index (κ3) is 2.03. The van der Waals surface area contributed by atoms with Gasteiger partial charge in [-0.1, -0.05) is 36.4 Å². The number of rotatable bonds is 2. The Hall–Kier alpha value is -2.18. The van der Waals surface area contributed by atoms with E-state index in [1.807, 2.05) is 24.3 Å². The minimum atomic E-state index is -1.34. The molecule has 106 valence electrons. The maximum absolute atomic E-state index is 13.1. The van der Waals surface area contributed by atoms with Gasteiger partial charge in [-0.3, -0.25) is 0 Å². The van der Waals surface area contributed by atoms with Crippen LogP contribution in [0.2, 0.25) is 0 Å². The van der Waals surface area contributed by atoms with Crippen molar-refractivity contribution < 1.29 is 9.50 Å². The Kier molecular flexibility index (Phi) is 3.07. The number of hydrogen-bond acceptors (Lipinski definition) is 2. The van der Waals surface area contributed by atoms with Crippen LogP contribution in [0.3, 0.4) is 0 Å². The second-order valence-electron chi connectivity index (χ2n) is 5.90. The number of benzene rings is 2. The van der Waals surface area contributed by atoms with E-state index in [4.69, 9.17) is 0 Å². The fourth-order valence-electron chi connectivity index (χ4n) is 3.20. The fraction of sp³-hybridized carbons (Fsp3) is 0.278. The van der Waals surface area contributed by atoms with Gasteiger partial charge in [0.15, 0.2) is 0 Å². The molecular formula is C18H16FNO. The molecule has 1 atom stereocenters. The summed E-state index contributed by atoms with van der Waals surface area (Å²) in [5, 5.41) is 20.8. The van der Waals surface area contributed by atoms with Gasteiger partial charge in [-0.15, -0.1) is 0 Å². The summed E-state index contributed by atoms with van der Waals surface area (Å²) < 4.78 is 13.1. The Morgan fingerprint density at radius 1 is 1.10 bits per heavy atom. The van der Waals surface area contributed by atoms with Crippen molar-refractivity contribution >= 4 is 0 Å². The van der Waals surface area contributed by atoms with Crippen molar-refractivity contribution in [2.24, 2.45) is 5.41 Å². The molecule has 21 heavy (non-hydrogen) atoms. The van der Waals surface area contributed by atoms with Crippen molar-refractivity contribution in [3.8, 4) is 6.07 Å². The van der Waals surface area contributed by atoms with E-state index in [0.717, 1.165) is 11.1 Å². The van der Waals surface area contributed by atoms with E-state index in [-0.39, 0.29) is 5.82 Å². The first-order chi connectivity index (χ1) is 9.98. The van der Waals surface area contributed by atoms with Gasteiger partial charge in [-0.05, 0) is 48.6 Å². The van der Waals surface area contributed by atoms with E-state index in [1.54, 1.807) is 19.1 Å². The molecule has 0 bridgehead atoms. The fourth-order valence-corrected chi connectivity index (χ4v) is 3.20. The maximum Gasteiger partial charge on any atom is 0.123 e. The predicted molar refractivity (Wildman–Crippen MR) is 77.9 cm³/mol. The van der Waals surface area contributed by atoms with Gasteiger partial charge in [0.2, 0.25) is 0 Å². The van der Waals surface area contributed by atoms with Gasteiger partial charge in [0.05, 0.1) is 11.5 Å². The van der Waals surface area contributed by atoms with E-state index >= 15 is 0 Å². The van der Waals surface area contributed by atoms with E-state index < -0.39 is 11.0 Å². The highest BCUT2D eigenvalue weighted by atomic mass is 19.1. The molecule has 3 heteroatoms. The summed E-state index contributed by atoms with van der Waals surface area (Å²) in [7, 11) is 0. The van der Waals surface area contributed by atoms with Gasteiger partial charge < -0.3 is 5.11 Å². The topological polar surface area (TPSA) is 44.0 Å². The van der Waals surface area contributed by atoms with E-state index in [0.29, 0.717) is 18.4 Å². The second-order valence-corrected chi connectivity index (χ2v) is 5.90. The highest BCUT2D eigenvalue weighted by Gasteiger charge is 2.52. The molecule has 1 N–H and O–H groups in total. The third-order valence-corrected chi connectivity index (χ3v) is 4.66. The zero-order valence-corrected chi connectivity index (χ0v) is 11.8. The average Bonchev–Trinajstić information content (AvgIpc) is 2.88. The zero-order valence-electron chi connectivity index (χ0n) is 11.8. The molecular weight excluding hydrogens is 265 g/mol. The summed E-state index contributed by atoms with van der Waals surface area (Å²) in [5.41, 5.74) is 0.504. The lowest BCUT2D eigenvalue weighted by atomic mass is 9.68. The number of aliphatic hydroxyl groups is 1. The molecule has 0 aliphatic heterocycles. The minimum absolute atomic E-state index is 0.352. The lowest BCUT2D eigenvalue weighted by Crippen LogP contribution is -2.43. The first kappa shape index (κ1) is 13.8. The van der Waals surface area contributed by atoms with Crippen LogP contribution >= 0.6 is 0 Å². The number of halogens is 1. The summed E-state index contributed by atoms with van der Waals surface area (Å²) in [5.74, 6) is -0.352. The highest BCUT2D eigenvalue weighted by Crippen LogP contribution is 2.49. The van der Waals surface area contributed by atoms with Crippen LogP contribution in [0.25, 0.3) is 0 Å². The van der Waals surface area contributed by atoms with Crippen LogP contribution in [-0.4, -0.2) is 5.11 Å². The lowest BCUT2D eigenvalue weighted by molar-refractivity contribution is -0.0406. The van der Waals surface area contributed by atoms with Crippen LogP contribution in [0.15, 0.2) is 48.5 Å². The van der Waals surface area contributed by atoms with Gasteiger partial charge in [0.25, 0.3) is 0 Å². The van der Waals surface area contributed by atoms with Gasteiger partial charge in [0, 0.05) is 0 Å². The minimum Gasteiger partial charge on any atom is -0.384 e. The van der Waals surface area contributed by atoms with Crippen molar-refractivity contribution in [3.05, 3.63) is 71.0 Å². The van der Waals surface area contributed by atoms with Crippen molar-refractivity contribution in [1.82, 2.24) is 0 Å². The molecule has 0 saturated carbocycles. The molecule has 2 aromatic carbocycles. The molecule has 3 rings (SSSR count). The lowest BCUT2D eigenvalue weighted by Gasteiger charge is -2.37. The van der Waals surface area contributed by atoms with Gasteiger partial charge in [-0.25, -0.2) is 4.39 Å². The summed E-state index contributed by atoms with van der Waals surface area (Å²) >= 11 is 0. The largest absolute Gasteiger partial charge is 0.384 e. The molecule has 0 aromatic heterocycles. The van der Waals surface area contributed by atoms with Crippen LogP contribution < -0.4 is 0 Å². The highest BCUT2D eigenvalue weighted by molar-refractivity contribution is 5.41. The van der Waals surface area contributed by atoms with E-state index in [1.165, 1.54) is 12.1 Å². The Bertz CT molecular complexity index is 688. The molecule has 1 unspecified atom stereocenters. The summed E-state index contributed by atoms with van der Waals surface area (Å²) in [6.45, 7) is 1.65. The summed E-state index contributed by atoms with van der Waals surface area (Å²) in [6, 6.07) is 15.9. The van der Waals surface area contributed by atoms with Crippen LogP contribution in [0, 0.1) is 22.6 Å². The second kappa shape index (κ2) is 4.68.